The number of hydrogen-bond acceptors (Lipinski definition) is 6. The van der Waals surface area contributed by atoms with Crippen LogP contribution in [-0.4, -0.2) is 46.9 Å². The lowest BCUT2D eigenvalue weighted by molar-refractivity contribution is -0.710. The molecule has 1 N–H and O–H groups in total. The molecule has 0 saturated carbocycles. The first kappa shape index (κ1) is 13.9. The standard InChI is InChI=1S/C7H13N3O6/c1-5(7(12)13)9(3)10(14)8-16-4-15-6(2)11/h5H,4H2,1-3H3,(H,12,13)/b10-8+/t5-/m0/s1. The maximum absolute atomic E-state index is 11.1. The van der Waals surface area contributed by atoms with E-state index in [-0.39, 0.29) is 4.97 Å². The van der Waals surface area contributed by atoms with Gasteiger partial charge in [-0.15, -0.1) is 5.01 Å². The number of carbonyl (C=O) groups is 2. The molecule has 9 nitrogen and oxygen atoms in total. The van der Waals surface area contributed by atoms with Crippen LogP contribution < -0.4 is 0 Å². The van der Waals surface area contributed by atoms with E-state index in [1.54, 1.807) is 0 Å². The van der Waals surface area contributed by atoms with Crippen LogP contribution in [0, 0.1) is 5.21 Å². The van der Waals surface area contributed by atoms with Crippen LogP contribution >= 0.6 is 0 Å². The third kappa shape index (κ3) is 4.98. The Morgan fingerprint density at radius 1 is 1.62 bits per heavy atom. The molecule has 1 atom stereocenters. The Morgan fingerprint density at radius 3 is 2.62 bits per heavy atom. The molecule has 0 heterocycles. The Kier molecular flexibility index (Phi) is 5.60. The van der Waals surface area contributed by atoms with Crippen LogP contribution in [0.25, 0.3) is 0 Å². The summed E-state index contributed by atoms with van der Waals surface area (Å²) in [6.45, 7) is 1.95. The van der Waals surface area contributed by atoms with Crippen LogP contribution in [0.3, 0.4) is 0 Å². The van der Waals surface area contributed by atoms with Gasteiger partial charge in [0.2, 0.25) is 5.28 Å². The molecular formula is C7H13N3O6. The maximum Gasteiger partial charge on any atom is 0.331 e. The molecule has 0 spiro atoms. The molecule has 0 aliphatic rings. The minimum absolute atomic E-state index is 0.0533. The van der Waals surface area contributed by atoms with Gasteiger partial charge in [0, 0.05) is 6.92 Å². The van der Waals surface area contributed by atoms with Crippen molar-refractivity contribution < 1.29 is 29.2 Å². The topological polar surface area (TPSA) is 114 Å². The number of ether oxygens (including phenoxy) is 1. The van der Waals surface area contributed by atoms with E-state index in [2.05, 4.69) is 14.9 Å². The predicted molar refractivity (Wildman–Crippen MR) is 48.6 cm³/mol. The van der Waals surface area contributed by atoms with Crippen molar-refractivity contribution in [2.45, 2.75) is 19.9 Å². The first-order chi connectivity index (χ1) is 7.36. The van der Waals surface area contributed by atoms with Gasteiger partial charge in [0.15, 0.2) is 6.04 Å². The Bertz CT molecular complexity index is 292. The Morgan fingerprint density at radius 2 is 2.19 bits per heavy atom. The summed E-state index contributed by atoms with van der Waals surface area (Å²) in [7, 11) is 1.23. The second-order valence-electron chi connectivity index (χ2n) is 2.81. The summed E-state index contributed by atoms with van der Waals surface area (Å²) in [5.74, 6) is -1.77. The monoisotopic (exact) mass is 235 g/mol. The highest BCUT2D eigenvalue weighted by Gasteiger charge is 2.23. The van der Waals surface area contributed by atoms with Crippen molar-refractivity contribution in [3.63, 3.8) is 0 Å². The lowest BCUT2D eigenvalue weighted by atomic mass is 10.3. The molecule has 0 aromatic carbocycles. The highest BCUT2D eigenvalue weighted by Crippen LogP contribution is 1.97. The lowest BCUT2D eigenvalue weighted by Crippen LogP contribution is -2.40. The molecule has 9 heteroatoms. The van der Waals surface area contributed by atoms with Gasteiger partial charge in [-0.3, -0.25) is 4.79 Å². The number of carboxylic acid groups (broad SMARTS) is 1. The van der Waals surface area contributed by atoms with Crippen molar-refractivity contribution in [3.05, 3.63) is 5.21 Å². The molecule has 0 amide bonds. The fraction of sp³-hybridized carbons (Fsp3) is 0.714. The SMILES string of the molecule is CC(=O)OCO/N=[N+](/[O-])N(C)[C@@H](C)C(=O)O. The molecule has 0 aromatic rings. The van der Waals surface area contributed by atoms with E-state index >= 15 is 0 Å². The van der Waals surface area contributed by atoms with Crippen molar-refractivity contribution in [2.24, 2.45) is 5.28 Å². The van der Waals surface area contributed by atoms with Crippen molar-refractivity contribution >= 4 is 11.9 Å². The smallest absolute Gasteiger partial charge is 0.331 e. The number of likely N-dealkylation sites (N-methyl/N-ethyl adjacent to an activating group) is 1. The molecule has 16 heavy (non-hydrogen) atoms. The van der Waals surface area contributed by atoms with Crippen LogP contribution in [0.15, 0.2) is 5.28 Å². The Balaban J connectivity index is 4.11. The Hall–Kier alpha value is -2.06. The van der Waals surface area contributed by atoms with Crippen molar-refractivity contribution in [1.29, 1.82) is 0 Å². The molecule has 0 aliphatic carbocycles. The van der Waals surface area contributed by atoms with Crippen LogP contribution in [0.2, 0.25) is 0 Å². The number of carbonyl (C=O) groups excluding carboxylic acids is 1. The number of esters is 1. The average Bonchev–Trinajstić information content (AvgIpc) is 2.21. The van der Waals surface area contributed by atoms with Crippen LogP contribution in [0.1, 0.15) is 13.8 Å². The average molecular weight is 235 g/mol. The number of hydrazine groups is 1. The summed E-state index contributed by atoms with van der Waals surface area (Å²) in [5, 5.41) is 23.4. The number of carboxylic acids is 1. The van der Waals surface area contributed by atoms with Gasteiger partial charge in [-0.1, -0.05) is 0 Å². The molecule has 0 radical (unpaired) electrons. The van der Waals surface area contributed by atoms with Gasteiger partial charge in [0.25, 0.3) is 6.79 Å². The molecule has 92 valence electrons. The fourth-order valence-electron chi connectivity index (χ4n) is 0.548. The van der Waals surface area contributed by atoms with Crippen LogP contribution in [0.4, 0.5) is 0 Å². The molecule has 0 bridgehead atoms. The summed E-state index contributed by atoms with van der Waals surface area (Å²) in [4.78, 5) is 25.1. The highest BCUT2D eigenvalue weighted by molar-refractivity contribution is 5.72. The van der Waals surface area contributed by atoms with Crippen LogP contribution in [-0.2, 0) is 19.2 Å². The lowest BCUT2D eigenvalue weighted by Gasteiger charge is -2.16. The largest absolute Gasteiger partial charge is 0.569 e. The van der Waals surface area contributed by atoms with E-state index in [0.29, 0.717) is 0 Å². The van der Waals surface area contributed by atoms with Crippen molar-refractivity contribution in [1.82, 2.24) is 5.01 Å². The zero-order valence-electron chi connectivity index (χ0n) is 9.11. The van der Waals surface area contributed by atoms with E-state index in [9.17, 15) is 14.8 Å². The minimum atomic E-state index is -1.18. The molecule has 0 aromatic heterocycles. The van der Waals surface area contributed by atoms with Gasteiger partial charge in [-0.05, 0) is 6.92 Å². The van der Waals surface area contributed by atoms with Gasteiger partial charge < -0.3 is 19.9 Å². The van der Waals surface area contributed by atoms with Crippen molar-refractivity contribution in [3.8, 4) is 0 Å². The van der Waals surface area contributed by atoms with Gasteiger partial charge in [0.05, 0.1) is 12.0 Å². The minimum Gasteiger partial charge on any atom is -0.569 e. The van der Waals surface area contributed by atoms with E-state index in [0.717, 1.165) is 11.9 Å². The zero-order chi connectivity index (χ0) is 12.7. The number of aliphatic carboxylic acids is 1. The normalized spacial score (nSPS) is 12.8. The number of nitrogens with zero attached hydrogens (tertiary/aromatic N) is 3. The third-order valence-electron chi connectivity index (χ3n) is 1.63. The van der Waals surface area contributed by atoms with Crippen molar-refractivity contribution in [2.75, 3.05) is 13.8 Å². The maximum atomic E-state index is 11.1. The molecular weight excluding hydrogens is 222 g/mol. The number of rotatable bonds is 6. The third-order valence-corrected chi connectivity index (χ3v) is 1.63. The summed E-state index contributed by atoms with van der Waals surface area (Å²) in [6.07, 6.45) is 0. The summed E-state index contributed by atoms with van der Waals surface area (Å²) in [6, 6.07) is -1.06. The molecule has 0 fully saturated rings. The second kappa shape index (κ2) is 6.43. The fourth-order valence-corrected chi connectivity index (χ4v) is 0.548. The number of hydrogen-bond donors (Lipinski definition) is 1. The molecule has 0 rings (SSSR count). The summed E-state index contributed by atoms with van der Waals surface area (Å²) >= 11 is 0. The molecule has 0 aliphatic heterocycles. The van der Waals surface area contributed by atoms with Gasteiger partial charge in [-0.2, -0.15) is 0 Å². The summed E-state index contributed by atoms with van der Waals surface area (Å²) in [5.41, 5.74) is 0. The zero-order valence-corrected chi connectivity index (χ0v) is 9.11. The van der Waals surface area contributed by atoms with E-state index in [4.69, 9.17) is 5.11 Å². The van der Waals surface area contributed by atoms with Crippen LogP contribution in [0.5, 0.6) is 0 Å². The predicted octanol–water partition coefficient (Wildman–Crippen LogP) is -0.279. The molecule has 0 saturated heterocycles. The highest BCUT2D eigenvalue weighted by atomic mass is 16.8. The van der Waals surface area contributed by atoms with E-state index in [1.165, 1.54) is 14.0 Å². The first-order valence-corrected chi connectivity index (χ1v) is 4.25. The van der Waals surface area contributed by atoms with Gasteiger partial charge in [-0.25, -0.2) is 4.79 Å². The van der Waals surface area contributed by atoms with Gasteiger partial charge >= 0.3 is 11.9 Å². The van der Waals surface area contributed by atoms with E-state index < -0.39 is 24.8 Å². The van der Waals surface area contributed by atoms with Gasteiger partial charge in [0.1, 0.15) is 0 Å². The summed E-state index contributed by atoms with van der Waals surface area (Å²) < 4.78 is 4.32. The molecule has 0 unspecified atom stereocenters. The Labute approximate surface area is 91.4 Å². The quantitative estimate of drug-likeness (QED) is 0.168. The second-order valence-corrected chi connectivity index (χ2v) is 2.81. The van der Waals surface area contributed by atoms with E-state index in [1.807, 2.05) is 0 Å². The first-order valence-electron chi connectivity index (χ1n) is 4.25.